The highest BCUT2D eigenvalue weighted by Gasteiger charge is 2.32. The van der Waals surface area contributed by atoms with Gasteiger partial charge in [0.2, 0.25) is 0 Å². The summed E-state index contributed by atoms with van der Waals surface area (Å²) in [4.78, 5) is 24.1. The molecule has 0 saturated carbocycles. The minimum Gasteiger partial charge on any atom is -0.452 e. The van der Waals surface area contributed by atoms with Crippen molar-refractivity contribution in [1.29, 1.82) is 0 Å². The van der Waals surface area contributed by atoms with Crippen LogP contribution in [0.4, 0.5) is 4.79 Å². The standard InChI is InChI=1S/C10H8BrNO3/c1-15-10(14)12-5-6-2-3-7(11)4-8(6)9(12)13/h2-4H,5H2,1H3. The van der Waals surface area contributed by atoms with Gasteiger partial charge in [-0.2, -0.15) is 0 Å². The SMILES string of the molecule is COC(=O)N1Cc2ccc(Br)cc2C1=O. The number of imide groups is 1. The Morgan fingerprint density at radius 1 is 1.53 bits per heavy atom. The van der Waals surface area contributed by atoms with Crippen LogP contribution in [-0.2, 0) is 11.3 Å². The second-order valence-corrected chi connectivity index (χ2v) is 4.08. The van der Waals surface area contributed by atoms with E-state index in [2.05, 4.69) is 20.7 Å². The van der Waals surface area contributed by atoms with Crippen LogP contribution in [0.5, 0.6) is 0 Å². The van der Waals surface area contributed by atoms with Gasteiger partial charge in [-0.05, 0) is 17.7 Å². The first-order chi connectivity index (χ1) is 7.13. The first kappa shape index (κ1) is 10.2. The largest absolute Gasteiger partial charge is 0.452 e. The Labute approximate surface area is 94.9 Å². The van der Waals surface area contributed by atoms with Crippen LogP contribution in [0.3, 0.4) is 0 Å². The molecule has 0 aromatic heterocycles. The Hall–Kier alpha value is -1.36. The first-order valence-corrected chi connectivity index (χ1v) is 5.11. The van der Waals surface area contributed by atoms with Crippen molar-refractivity contribution in [1.82, 2.24) is 4.90 Å². The Morgan fingerprint density at radius 2 is 2.27 bits per heavy atom. The van der Waals surface area contributed by atoms with Crippen LogP contribution >= 0.6 is 15.9 Å². The fraction of sp³-hybridized carbons (Fsp3) is 0.200. The third-order valence-electron chi connectivity index (χ3n) is 2.27. The Morgan fingerprint density at radius 3 is 2.93 bits per heavy atom. The van der Waals surface area contributed by atoms with Crippen molar-refractivity contribution in [2.24, 2.45) is 0 Å². The first-order valence-electron chi connectivity index (χ1n) is 4.31. The van der Waals surface area contributed by atoms with E-state index in [0.29, 0.717) is 5.56 Å². The summed E-state index contributed by atoms with van der Waals surface area (Å²) in [6.45, 7) is 0.286. The molecule has 15 heavy (non-hydrogen) atoms. The summed E-state index contributed by atoms with van der Waals surface area (Å²) in [6, 6.07) is 5.37. The molecular weight excluding hydrogens is 262 g/mol. The minimum atomic E-state index is -0.618. The maximum Gasteiger partial charge on any atom is 0.416 e. The molecule has 1 aliphatic heterocycles. The van der Waals surface area contributed by atoms with Crippen LogP contribution < -0.4 is 0 Å². The number of rotatable bonds is 0. The van der Waals surface area contributed by atoms with Crippen LogP contribution in [0.15, 0.2) is 22.7 Å². The lowest BCUT2D eigenvalue weighted by molar-refractivity contribution is 0.0728. The maximum atomic E-state index is 11.8. The third kappa shape index (κ3) is 1.63. The van der Waals surface area contributed by atoms with E-state index >= 15 is 0 Å². The number of carbonyl (C=O) groups excluding carboxylic acids is 2. The van der Waals surface area contributed by atoms with Crippen LogP contribution in [0.2, 0.25) is 0 Å². The molecule has 0 N–H and O–H groups in total. The van der Waals surface area contributed by atoms with Crippen molar-refractivity contribution in [2.75, 3.05) is 7.11 Å². The van der Waals surface area contributed by atoms with Gasteiger partial charge >= 0.3 is 6.09 Å². The second-order valence-electron chi connectivity index (χ2n) is 3.16. The average Bonchev–Trinajstić information content (AvgIpc) is 2.55. The fourth-order valence-electron chi connectivity index (χ4n) is 1.53. The molecule has 0 atom stereocenters. The monoisotopic (exact) mass is 269 g/mol. The summed E-state index contributed by atoms with van der Waals surface area (Å²) in [6.07, 6.45) is -0.618. The number of hydrogen-bond donors (Lipinski definition) is 0. The van der Waals surface area contributed by atoms with E-state index < -0.39 is 6.09 Å². The Balaban J connectivity index is 2.38. The van der Waals surface area contributed by atoms with Gasteiger partial charge in [-0.1, -0.05) is 22.0 Å². The Kier molecular flexibility index (Phi) is 2.48. The topological polar surface area (TPSA) is 46.6 Å². The predicted octanol–water partition coefficient (Wildman–Crippen LogP) is 2.17. The van der Waals surface area contributed by atoms with Gasteiger partial charge in [-0.15, -0.1) is 0 Å². The van der Waals surface area contributed by atoms with Gasteiger partial charge in [0.05, 0.1) is 13.7 Å². The second kappa shape index (κ2) is 3.66. The number of hydrogen-bond acceptors (Lipinski definition) is 3. The summed E-state index contributed by atoms with van der Waals surface area (Å²) in [5, 5.41) is 0. The molecule has 0 aliphatic carbocycles. The number of fused-ring (bicyclic) bond motifs is 1. The van der Waals surface area contributed by atoms with E-state index in [1.54, 1.807) is 6.07 Å². The van der Waals surface area contributed by atoms with Crippen molar-refractivity contribution in [3.63, 3.8) is 0 Å². The number of methoxy groups -OCH3 is 1. The highest BCUT2D eigenvalue weighted by Crippen LogP contribution is 2.26. The van der Waals surface area contributed by atoms with E-state index in [0.717, 1.165) is 14.9 Å². The quantitative estimate of drug-likeness (QED) is 0.725. The van der Waals surface area contributed by atoms with E-state index in [9.17, 15) is 9.59 Å². The molecular formula is C10H8BrNO3. The number of nitrogens with zero attached hydrogens (tertiary/aromatic N) is 1. The molecule has 1 aromatic carbocycles. The van der Waals surface area contributed by atoms with Crippen LogP contribution in [0, 0.1) is 0 Å². The molecule has 0 fully saturated rings. The van der Waals surface area contributed by atoms with Crippen molar-refractivity contribution < 1.29 is 14.3 Å². The lowest BCUT2D eigenvalue weighted by Crippen LogP contribution is -2.30. The predicted molar refractivity (Wildman–Crippen MR) is 56.4 cm³/mol. The number of halogens is 1. The molecule has 5 heteroatoms. The van der Waals surface area contributed by atoms with Gasteiger partial charge < -0.3 is 4.74 Å². The van der Waals surface area contributed by atoms with Gasteiger partial charge in [0.15, 0.2) is 0 Å². The minimum absolute atomic E-state index is 0.286. The molecule has 0 radical (unpaired) electrons. The van der Waals surface area contributed by atoms with Gasteiger partial charge in [0.1, 0.15) is 0 Å². The van der Waals surface area contributed by atoms with Gasteiger partial charge in [0.25, 0.3) is 5.91 Å². The lowest BCUT2D eigenvalue weighted by Gasteiger charge is -2.10. The molecule has 4 nitrogen and oxygen atoms in total. The molecule has 78 valence electrons. The Bertz CT molecular complexity index is 444. The van der Waals surface area contributed by atoms with Crippen molar-refractivity contribution >= 4 is 27.9 Å². The van der Waals surface area contributed by atoms with E-state index in [1.807, 2.05) is 12.1 Å². The molecule has 0 bridgehead atoms. The molecule has 0 unspecified atom stereocenters. The van der Waals surface area contributed by atoms with E-state index in [1.165, 1.54) is 7.11 Å². The smallest absolute Gasteiger partial charge is 0.416 e. The zero-order chi connectivity index (χ0) is 11.0. The number of amides is 2. The van der Waals surface area contributed by atoms with E-state index in [-0.39, 0.29) is 12.5 Å². The van der Waals surface area contributed by atoms with Crippen molar-refractivity contribution in [3.8, 4) is 0 Å². The zero-order valence-electron chi connectivity index (χ0n) is 7.99. The number of ether oxygens (including phenoxy) is 1. The van der Waals surface area contributed by atoms with E-state index in [4.69, 9.17) is 0 Å². The molecule has 2 rings (SSSR count). The molecule has 0 saturated heterocycles. The van der Waals surface area contributed by atoms with Gasteiger partial charge in [0, 0.05) is 10.0 Å². The van der Waals surface area contributed by atoms with Crippen LogP contribution in [0.1, 0.15) is 15.9 Å². The molecule has 1 aliphatic rings. The highest BCUT2D eigenvalue weighted by atomic mass is 79.9. The number of benzene rings is 1. The molecule has 1 aromatic rings. The maximum absolute atomic E-state index is 11.8. The molecule has 2 amide bonds. The lowest BCUT2D eigenvalue weighted by atomic mass is 10.1. The zero-order valence-corrected chi connectivity index (χ0v) is 9.58. The van der Waals surface area contributed by atoms with Crippen LogP contribution in [0.25, 0.3) is 0 Å². The number of carbonyl (C=O) groups is 2. The summed E-state index contributed by atoms with van der Waals surface area (Å²) >= 11 is 3.28. The van der Waals surface area contributed by atoms with Gasteiger partial charge in [-0.25, -0.2) is 9.69 Å². The van der Waals surface area contributed by atoms with Crippen molar-refractivity contribution in [3.05, 3.63) is 33.8 Å². The molecule has 0 spiro atoms. The van der Waals surface area contributed by atoms with Gasteiger partial charge in [-0.3, -0.25) is 4.79 Å². The summed E-state index contributed by atoms with van der Waals surface area (Å²) in [7, 11) is 1.26. The van der Waals surface area contributed by atoms with Crippen LogP contribution in [-0.4, -0.2) is 24.0 Å². The molecule has 1 heterocycles. The highest BCUT2D eigenvalue weighted by molar-refractivity contribution is 9.10. The van der Waals surface area contributed by atoms with Crippen molar-refractivity contribution in [2.45, 2.75) is 6.54 Å². The normalized spacial score (nSPS) is 14.0. The average molecular weight is 270 g/mol. The fourth-order valence-corrected chi connectivity index (χ4v) is 1.89. The summed E-state index contributed by atoms with van der Waals surface area (Å²) in [5.41, 5.74) is 1.39. The summed E-state index contributed by atoms with van der Waals surface area (Å²) < 4.78 is 5.34. The third-order valence-corrected chi connectivity index (χ3v) is 2.76. The summed E-state index contributed by atoms with van der Waals surface area (Å²) in [5.74, 6) is -0.307.